The quantitative estimate of drug-likeness (QED) is 0.553. The number of H-pyrrole nitrogens is 1. The summed E-state index contributed by atoms with van der Waals surface area (Å²) < 4.78 is 33.7. The Hall–Kier alpha value is -3.34. The number of hydrogen-bond acceptors (Lipinski definition) is 5. The van der Waals surface area contributed by atoms with Crippen LogP contribution in [0.15, 0.2) is 42.5 Å². The molecule has 0 amide bonds. The number of nitrogens with zero attached hydrogens (tertiary/aromatic N) is 4. The van der Waals surface area contributed by atoms with Crippen LogP contribution in [0.4, 0.5) is 19.0 Å². The van der Waals surface area contributed by atoms with Crippen LogP contribution in [0, 0.1) is 6.92 Å². The van der Waals surface area contributed by atoms with Gasteiger partial charge in [-0.25, -0.2) is 4.79 Å². The molecule has 3 heterocycles. The van der Waals surface area contributed by atoms with Gasteiger partial charge in [0.25, 0.3) is 0 Å². The van der Waals surface area contributed by atoms with Crippen molar-refractivity contribution in [3.8, 4) is 11.3 Å². The Morgan fingerprint density at radius 3 is 2.56 bits per heavy atom. The van der Waals surface area contributed by atoms with Crippen LogP contribution < -0.4 is 10.2 Å². The van der Waals surface area contributed by atoms with Crippen molar-refractivity contribution in [2.24, 2.45) is 7.05 Å². The first-order valence-electron chi connectivity index (χ1n) is 10.0. The average molecular weight is 450 g/mol. The molecule has 1 saturated heterocycles. The SMILES string of the molecule is Cc1cc(N2CCC(NCc3cc(-c4ccccc4)n[nH]3)C2)n(C)n1.O=C(O)C(F)(F)F. The molecule has 1 aromatic carbocycles. The minimum Gasteiger partial charge on any atom is -0.475 e. The lowest BCUT2D eigenvalue weighted by atomic mass is 10.1. The van der Waals surface area contributed by atoms with Gasteiger partial charge < -0.3 is 15.3 Å². The van der Waals surface area contributed by atoms with E-state index in [1.54, 1.807) is 0 Å². The molecule has 172 valence electrons. The van der Waals surface area contributed by atoms with Crippen molar-refractivity contribution in [2.75, 3.05) is 18.0 Å². The van der Waals surface area contributed by atoms with Gasteiger partial charge in [0, 0.05) is 50.0 Å². The van der Waals surface area contributed by atoms with Crippen molar-refractivity contribution in [2.45, 2.75) is 32.1 Å². The second kappa shape index (κ2) is 9.86. The number of carboxylic acid groups (broad SMARTS) is 1. The van der Waals surface area contributed by atoms with Crippen molar-refractivity contribution in [3.05, 3.63) is 53.9 Å². The first-order chi connectivity index (χ1) is 15.1. The van der Waals surface area contributed by atoms with Crippen molar-refractivity contribution < 1.29 is 23.1 Å². The van der Waals surface area contributed by atoms with Crippen LogP contribution in [0.2, 0.25) is 0 Å². The molecule has 0 saturated carbocycles. The van der Waals surface area contributed by atoms with Crippen molar-refractivity contribution >= 4 is 11.8 Å². The molecule has 0 spiro atoms. The molecule has 1 atom stereocenters. The van der Waals surface area contributed by atoms with E-state index in [1.165, 1.54) is 5.82 Å². The average Bonchev–Trinajstić information content (AvgIpc) is 3.46. The molecule has 3 aromatic rings. The highest BCUT2D eigenvalue weighted by molar-refractivity contribution is 5.73. The third-order valence-electron chi connectivity index (χ3n) is 5.01. The molecule has 11 heteroatoms. The molecule has 0 aliphatic carbocycles. The van der Waals surface area contributed by atoms with Crippen molar-refractivity contribution in [1.29, 1.82) is 0 Å². The lowest BCUT2D eigenvalue weighted by Crippen LogP contribution is -2.32. The minimum absolute atomic E-state index is 0.485. The molecule has 1 unspecified atom stereocenters. The number of benzene rings is 1. The highest BCUT2D eigenvalue weighted by Gasteiger charge is 2.38. The third kappa shape index (κ3) is 6.10. The molecule has 1 fully saturated rings. The van der Waals surface area contributed by atoms with E-state index in [4.69, 9.17) is 9.90 Å². The Balaban J connectivity index is 0.000000360. The molecule has 0 bridgehead atoms. The summed E-state index contributed by atoms with van der Waals surface area (Å²) in [5, 5.41) is 22.8. The van der Waals surface area contributed by atoms with Crippen LogP contribution >= 0.6 is 0 Å². The fourth-order valence-electron chi connectivity index (χ4n) is 3.49. The number of aromatic nitrogens is 4. The number of aromatic amines is 1. The van der Waals surface area contributed by atoms with Crippen molar-refractivity contribution in [3.63, 3.8) is 0 Å². The van der Waals surface area contributed by atoms with Gasteiger partial charge in [0.05, 0.1) is 11.4 Å². The van der Waals surface area contributed by atoms with E-state index in [-0.39, 0.29) is 0 Å². The Morgan fingerprint density at radius 1 is 1.28 bits per heavy atom. The van der Waals surface area contributed by atoms with E-state index < -0.39 is 12.1 Å². The maximum atomic E-state index is 10.6. The molecule has 0 radical (unpaired) electrons. The highest BCUT2D eigenvalue weighted by atomic mass is 19.4. The summed E-state index contributed by atoms with van der Waals surface area (Å²) in [4.78, 5) is 11.3. The third-order valence-corrected chi connectivity index (χ3v) is 5.01. The molecular formula is C21H25F3N6O2. The van der Waals surface area contributed by atoms with Gasteiger partial charge in [0.1, 0.15) is 5.82 Å². The second-order valence-electron chi connectivity index (χ2n) is 7.53. The summed E-state index contributed by atoms with van der Waals surface area (Å²) in [6.45, 7) is 4.92. The zero-order valence-corrected chi connectivity index (χ0v) is 17.7. The topological polar surface area (TPSA) is 99.1 Å². The lowest BCUT2D eigenvalue weighted by molar-refractivity contribution is -0.192. The van der Waals surface area contributed by atoms with Gasteiger partial charge in [-0.3, -0.25) is 9.78 Å². The molecule has 1 aliphatic rings. The predicted octanol–water partition coefficient (Wildman–Crippen LogP) is 3.12. The molecule has 32 heavy (non-hydrogen) atoms. The van der Waals surface area contributed by atoms with E-state index in [2.05, 4.69) is 49.8 Å². The van der Waals surface area contributed by atoms with Crippen LogP contribution in [-0.4, -0.2) is 56.4 Å². The monoisotopic (exact) mass is 450 g/mol. The summed E-state index contributed by atoms with van der Waals surface area (Å²) in [5.41, 5.74) is 4.33. The molecule has 2 aromatic heterocycles. The van der Waals surface area contributed by atoms with Gasteiger partial charge in [-0.15, -0.1) is 0 Å². The molecular weight excluding hydrogens is 425 g/mol. The number of aliphatic carboxylic acids is 1. The van der Waals surface area contributed by atoms with Crippen LogP contribution in [0.1, 0.15) is 17.8 Å². The predicted molar refractivity (Wildman–Crippen MR) is 113 cm³/mol. The van der Waals surface area contributed by atoms with Gasteiger partial charge in [0.15, 0.2) is 0 Å². The number of alkyl halides is 3. The number of carboxylic acids is 1. The van der Waals surface area contributed by atoms with Crippen molar-refractivity contribution in [1.82, 2.24) is 25.3 Å². The number of carbonyl (C=O) groups is 1. The van der Waals surface area contributed by atoms with Gasteiger partial charge in [0.2, 0.25) is 0 Å². The number of halogens is 3. The molecule has 8 nitrogen and oxygen atoms in total. The Morgan fingerprint density at radius 2 is 1.97 bits per heavy atom. The summed E-state index contributed by atoms with van der Waals surface area (Å²) in [6, 6.07) is 15.0. The molecule has 3 N–H and O–H groups in total. The number of anilines is 1. The van der Waals surface area contributed by atoms with Gasteiger partial charge >= 0.3 is 12.1 Å². The standard InChI is InChI=1S/C19H24N6.C2HF3O2/c1-14-10-19(24(2)23-14)25-9-8-16(13-25)20-12-17-11-18(22-21-17)15-6-4-3-5-7-15;3-2(4,5)1(6)7/h3-7,10-11,16,20H,8-9,12-13H2,1-2H3,(H,21,22);(H,6,7). The number of nitrogens with one attached hydrogen (secondary N) is 2. The fraction of sp³-hybridized carbons (Fsp3) is 0.381. The Bertz CT molecular complexity index is 1030. The summed E-state index contributed by atoms with van der Waals surface area (Å²) in [5.74, 6) is -1.55. The van der Waals surface area contributed by atoms with E-state index in [1.807, 2.05) is 36.9 Å². The number of rotatable bonds is 5. The summed E-state index contributed by atoms with van der Waals surface area (Å²) in [7, 11) is 2.01. The molecule has 1 aliphatic heterocycles. The minimum atomic E-state index is -5.08. The van der Waals surface area contributed by atoms with Gasteiger partial charge in [-0.05, 0) is 19.4 Å². The van der Waals surface area contributed by atoms with E-state index >= 15 is 0 Å². The zero-order chi connectivity index (χ0) is 23.3. The second-order valence-corrected chi connectivity index (χ2v) is 7.53. The normalized spacial score (nSPS) is 16.0. The maximum absolute atomic E-state index is 10.6. The van der Waals surface area contributed by atoms with Gasteiger partial charge in [-0.1, -0.05) is 30.3 Å². The number of aryl methyl sites for hydroxylation is 2. The lowest BCUT2D eigenvalue weighted by Gasteiger charge is -2.18. The Labute approximate surface area is 183 Å². The first kappa shape index (κ1) is 23.3. The first-order valence-corrected chi connectivity index (χ1v) is 10.0. The summed E-state index contributed by atoms with van der Waals surface area (Å²) >= 11 is 0. The van der Waals surface area contributed by atoms with Crippen LogP contribution in [0.25, 0.3) is 11.3 Å². The van der Waals surface area contributed by atoms with Crippen LogP contribution in [0.3, 0.4) is 0 Å². The summed E-state index contributed by atoms with van der Waals surface area (Å²) in [6.07, 6.45) is -3.94. The smallest absolute Gasteiger partial charge is 0.475 e. The fourth-order valence-corrected chi connectivity index (χ4v) is 3.49. The Kier molecular flexibility index (Phi) is 7.18. The van der Waals surface area contributed by atoms with Gasteiger partial charge in [-0.2, -0.15) is 23.4 Å². The maximum Gasteiger partial charge on any atom is 0.490 e. The highest BCUT2D eigenvalue weighted by Crippen LogP contribution is 2.21. The van der Waals surface area contributed by atoms with E-state index in [0.717, 1.165) is 48.7 Å². The largest absolute Gasteiger partial charge is 0.490 e. The molecule has 4 rings (SSSR count). The van der Waals surface area contributed by atoms with Crippen LogP contribution in [0.5, 0.6) is 0 Å². The zero-order valence-electron chi connectivity index (χ0n) is 17.7. The van der Waals surface area contributed by atoms with Crippen LogP contribution in [-0.2, 0) is 18.4 Å². The van der Waals surface area contributed by atoms with E-state index in [0.29, 0.717) is 6.04 Å². The number of hydrogen-bond donors (Lipinski definition) is 3. The van der Waals surface area contributed by atoms with E-state index in [9.17, 15) is 13.2 Å².